The number of rotatable bonds is 6. The van der Waals surface area contributed by atoms with E-state index in [9.17, 15) is 18.3 Å². The first-order chi connectivity index (χ1) is 13.1. The summed E-state index contributed by atoms with van der Waals surface area (Å²) in [5.41, 5.74) is 1.85. The number of allylic oxidation sites excluding steroid dienone is 3. The Labute approximate surface area is 163 Å². The minimum absolute atomic E-state index is 0.287. The zero-order chi connectivity index (χ0) is 21.1. The Morgan fingerprint density at radius 3 is 2.46 bits per heavy atom. The molecule has 0 radical (unpaired) electrons. The van der Waals surface area contributed by atoms with Crippen LogP contribution in [0.4, 0.5) is 13.2 Å². The van der Waals surface area contributed by atoms with Crippen LogP contribution in [0, 0.1) is 6.92 Å². The van der Waals surface area contributed by atoms with E-state index in [2.05, 4.69) is 23.7 Å². The molecule has 1 heterocycles. The molecule has 1 aliphatic rings. The topological polar surface area (TPSA) is 48.2 Å². The van der Waals surface area contributed by atoms with E-state index in [1.165, 1.54) is 6.92 Å². The van der Waals surface area contributed by atoms with Gasteiger partial charge in [-0.15, -0.1) is 0 Å². The summed E-state index contributed by atoms with van der Waals surface area (Å²) in [6.45, 7) is 11.0. The highest BCUT2D eigenvalue weighted by Crippen LogP contribution is 2.36. The highest BCUT2D eigenvalue weighted by molar-refractivity contribution is 6.12. The molecule has 0 amide bonds. The molecule has 7 heteroatoms. The number of alkyl halides is 3. The second-order valence-corrected chi connectivity index (χ2v) is 6.98. The van der Waals surface area contributed by atoms with Crippen LogP contribution >= 0.6 is 0 Å². The van der Waals surface area contributed by atoms with Crippen molar-refractivity contribution in [2.75, 3.05) is 0 Å². The number of hydrazone groups is 1. The van der Waals surface area contributed by atoms with Crippen LogP contribution < -0.4 is 0 Å². The van der Waals surface area contributed by atoms with Gasteiger partial charge in [0.15, 0.2) is 5.82 Å². The van der Waals surface area contributed by atoms with Crippen LogP contribution in [-0.2, 0) is 6.18 Å². The van der Waals surface area contributed by atoms with Gasteiger partial charge in [0.05, 0.1) is 11.3 Å². The molecule has 0 saturated carbocycles. The molecule has 0 atom stereocenters. The van der Waals surface area contributed by atoms with E-state index in [-0.39, 0.29) is 5.56 Å². The molecular weight excluding hydrogens is 367 g/mol. The predicted molar refractivity (Wildman–Crippen MR) is 106 cm³/mol. The lowest BCUT2D eigenvalue weighted by Gasteiger charge is -2.27. The lowest BCUT2D eigenvalue weighted by molar-refractivity contribution is -0.137. The molecule has 0 spiro atoms. The highest BCUT2D eigenvalue weighted by Gasteiger charge is 2.32. The van der Waals surface area contributed by atoms with Crippen molar-refractivity contribution in [3.63, 3.8) is 0 Å². The fourth-order valence-corrected chi connectivity index (χ4v) is 3.22. The Bertz CT molecular complexity index is 828. The molecule has 1 aliphatic heterocycles. The summed E-state index contributed by atoms with van der Waals surface area (Å²) in [6.07, 6.45) is 1.19. The first kappa shape index (κ1) is 21.7. The van der Waals surface area contributed by atoms with Gasteiger partial charge in [-0.25, -0.2) is 10.0 Å². The quantitative estimate of drug-likeness (QED) is 0.465. The van der Waals surface area contributed by atoms with E-state index in [1.807, 2.05) is 13.8 Å². The number of aromatic hydroxyl groups is 1. The Kier molecular flexibility index (Phi) is 6.69. The van der Waals surface area contributed by atoms with Gasteiger partial charge in [0.25, 0.3) is 0 Å². The van der Waals surface area contributed by atoms with Crippen molar-refractivity contribution in [2.45, 2.75) is 59.6 Å². The smallest absolute Gasteiger partial charge is 0.416 e. The van der Waals surface area contributed by atoms with Crippen LogP contribution in [0.1, 0.15) is 63.1 Å². The van der Waals surface area contributed by atoms with Gasteiger partial charge in [-0.1, -0.05) is 19.8 Å². The fourth-order valence-electron chi connectivity index (χ4n) is 3.22. The van der Waals surface area contributed by atoms with Crippen molar-refractivity contribution in [3.8, 4) is 5.75 Å². The SMILES string of the molecule is C=NN1C(C)=CC(c2c(C)cc(C(F)(F)F)cc2O)=N/C1=C(/C)CCCCC. The van der Waals surface area contributed by atoms with Crippen LogP contribution in [0.3, 0.4) is 0 Å². The molecule has 0 fully saturated rings. The number of nitrogens with zero attached hydrogens (tertiary/aromatic N) is 3. The van der Waals surface area contributed by atoms with Gasteiger partial charge in [0.2, 0.25) is 0 Å². The number of aliphatic imine (C=N–C) groups is 1. The second-order valence-electron chi connectivity index (χ2n) is 6.98. The third-order valence-corrected chi connectivity index (χ3v) is 4.68. The average Bonchev–Trinajstić information content (AvgIpc) is 2.60. The Balaban J connectivity index is 2.56. The molecule has 1 aromatic rings. The van der Waals surface area contributed by atoms with Gasteiger partial charge in [-0.2, -0.15) is 18.3 Å². The molecule has 0 unspecified atom stereocenters. The molecule has 1 N–H and O–H groups in total. The maximum absolute atomic E-state index is 13.0. The first-order valence-corrected chi connectivity index (χ1v) is 9.24. The molecular formula is C21H26F3N3O. The number of aryl methyl sites for hydroxylation is 1. The minimum atomic E-state index is -4.52. The summed E-state index contributed by atoms with van der Waals surface area (Å²) in [4.78, 5) is 4.62. The van der Waals surface area contributed by atoms with E-state index in [4.69, 9.17) is 0 Å². The number of phenols is 1. The minimum Gasteiger partial charge on any atom is -0.507 e. The predicted octanol–water partition coefficient (Wildman–Crippen LogP) is 6.16. The molecule has 2 rings (SSSR count). The summed E-state index contributed by atoms with van der Waals surface area (Å²) in [6, 6.07) is 1.76. The van der Waals surface area contributed by atoms with Crippen LogP contribution in [0.25, 0.3) is 0 Å². The number of benzene rings is 1. The maximum atomic E-state index is 13.0. The average molecular weight is 393 g/mol. The monoisotopic (exact) mass is 393 g/mol. The lowest BCUT2D eigenvalue weighted by atomic mass is 9.97. The largest absolute Gasteiger partial charge is 0.507 e. The summed E-state index contributed by atoms with van der Waals surface area (Å²) in [5.74, 6) is 0.151. The van der Waals surface area contributed by atoms with E-state index in [1.54, 1.807) is 11.1 Å². The van der Waals surface area contributed by atoms with Crippen LogP contribution in [0.15, 0.2) is 45.4 Å². The normalized spacial score (nSPS) is 16.6. The number of hydrogen-bond acceptors (Lipinski definition) is 4. The van der Waals surface area contributed by atoms with Crippen LogP contribution in [0.5, 0.6) is 5.75 Å². The summed E-state index contributed by atoms with van der Waals surface area (Å²) in [7, 11) is 0. The molecule has 28 heavy (non-hydrogen) atoms. The zero-order valence-corrected chi connectivity index (χ0v) is 16.7. The summed E-state index contributed by atoms with van der Waals surface area (Å²) < 4.78 is 39.0. The lowest BCUT2D eigenvalue weighted by Crippen LogP contribution is -2.22. The number of hydrogen-bond donors (Lipinski definition) is 1. The zero-order valence-electron chi connectivity index (χ0n) is 16.7. The van der Waals surface area contributed by atoms with Crippen LogP contribution in [0.2, 0.25) is 0 Å². The van der Waals surface area contributed by atoms with Gasteiger partial charge in [0.1, 0.15) is 5.75 Å². The number of unbranched alkanes of at least 4 members (excludes halogenated alkanes) is 2. The summed E-state index contributed by atoms with van der Waals surface area (Å²) >= 11 is 0. The Hall–Kier alpha value is -2.57. The molecule has 4 nitrogen and oxygen atoms in total. The Morgan fingerprint density at radius 2 is 1.93 bits per heavy atom. The van der Waals surface area contributed by atoms with E-state index < -0.39 is 17.5 Å². The van der Waals surface area contributed by atoms with Gasteiger partial charge in [-0.05, 0) is 63.0 Å². The van der Waals surface area contributed by atoms with Gasteiger partial charge in [-0.3, -0.25) is 0 Å². The third kappa shape index (κ3) is 4.64. The van der Waals surface area contributed by atoms with Gasteiger partial charge < -0.3 is 5.11 Å². The third-order valence-electron chi connectivity index (χ3n) is 4.68. The van der Waals surface area contributed by atoms with Crippen molar-refractivity contribution in [2.24, 2.45) is 10.1 Å². The van der Waals surface area contributed by atoms with E-state index in [0.29, 0.717) is 17.1 Å². The van der Waals surface area contributed by atoms with Gasteiger partial charge in [0, 0.05) is 18.0 Å². The standard InChI is InChI=1S/C21H26F3N3O/c1-6-7-8-9-13(2)20-26-17(11-15(4)27(20)25-5)19-14(3)10-16(12-18(19)28)21(22,23)24/h10-12,28H,5-9H2,1-4H3/b20-13+. The molecule has 0 aromatic heterocycles. The maximum Gasteiger partial charge on any atom is 0.416 e. The first-order valence-electron chi connectivity index (χ1n) is 9.24. The molecule has 0 saturated heterocycles. The van der Waals surface area contributed by atoms with Crippen molar-refractivity contribution in [3.05, 3.63) is 52.0 Å². The van der Waals surface area contributed by atoms with Crippen molar-refractivity contribution < 1.29 is 18.3 Å². The second kappa shape index (κ2) is 8.63. The number of halogens is 3. The van der Waals surface area contributed by atoms with Crippen LogP contribution in [-0.4, -0.2) is 22.5 Å². The molecule has 0 bridgehead atoms. The molecule has 152 valence electrons. The van der Waals surface area contributed by atoms with Crippen molar-refractivity contribution >= 4 is 12.4 Å². The summed E-state index contributed by atoms with van der Waals surface area (Å²) in [5, 5.41) is 15.9. The highest BCUT2D eigenvalue weighted by atomic mass is 19.4. The fraction of sp³-hybridized carbons (Fsp3) is 0.429. The van der Waals surface area contributed by atoms with E-state index in [0.717, 1.165) is 49.1 Å². The van der Waals surface area contributed by atoms with Crippen molar-refractivity contribution in [1.29, 1.82) is 0 Å². The van der Waals surface area contributed by atoms with E-state index >= 15 is 0 Å². The Morgan fingerprint density at radius 1 is 1.25 bits per heavy atom. The van der Waals surface area contributed by atoms with Gasteiger partial charge >= 0.3 is 6.18 Å². The number of phenolic OH excluding ortho intramolecular Hbond substituents is 1. The molecule has 1 aromatic carbocycles. The van der Waals surface area contributed by atoms with Crippen molar-refractivity contribution in [1.82, 2.24) is 5.01 Å². The molecule has 0 aliphatic carbocycles.